The van der Waals surface area contributed by atoms with Gasteiger partial charge in [-0.1, -0.05) is 39.0 Å². The summed E-state index contributed by atoms with van der Waals surface area (Å²) in [5.41, 5.74) is 10.5. The highest BCUT2D eigenvalue weighted by atomic mass is 79.9. The second-order valence-electron chi connectivity index (χ2n) is 5.58. The van der Waals surface area contributed by atoms with Crippen LogP contribution >= 0.6 is 15.9 Å². The van der Waals surface area contributed by atoms with Gasteiger partial charge >= 0.3 is 0 Å². The van der Waals surface area contributed by atoms with Gasteiger partial charge in [-0.25, -0.2) is 0 Å². The molecular formula is C14H18BrN3. The molecule has 0 aliphatic rings. The van der Waals surface area contributed by atoms with Crippen molar-refractivity contribution in [3.8, 4) is 11.3 Å². The Balaban J connectivity index is 2.52. The Bertz CT molecular complexity index is 579. The number of anilines is 1. The molecule has 2 rings (SSSR count). The van der Waals surface area contributed by atoms with Crippen LogP contribution in [0.5, 0.6) is 0 Å². The van der Waals surface area contributed by atoms with Crippen molar-refractivity contribution in [3.05, 3.63) is 33.8 Å². The first-order chi connectivity index (χ1) is 8.30. The number of aromatic amines is 1. The molecular weight excluding hydrogens is 290 g/mol. The zero-order chi connectivity index (χ0) is 13.5. The fraction of sp³-hybridized carbons (Fsp3) is 0.357. The van der Waals surface area contributed by atoms with Crippen molar-refractivity contribution >= 4 is 21.7 Å². The molecule has 0 atom stereocenters. The summed E-state index contributed by atoms with van der Waals surface area (Å²) in [5.74, 6) is 0.490. The average molecular weight is 308 g/mol. The van der Waals surface area contributed by atoms with E-state index in [1.807, 2.05) is 0 Å². The maximum absolute atomic E-state index is 5.74. The monoisotopic (exact) mass is 307 g/mol. The lowest BCUT2D eigenvalue weighted by atomic mass is 9.85. The first-order valence-corrected chi connectivity index (χ1v) is 6.71. The van der Waals surface area contributed by atoms with E-state index in [0.29, 0.717) is 5.82 Å². The van der Waals surface area contributed by atoms with E-state index < -0.39 is 0 Å². The molecule has 1 aromatic heterocycles. The van der Waals surface area contributed by atoms with Crippen LogP contribution in [0.1, 0.15) is 31.9 Å². The largest absolute Gasteiger partial charge is 0.381 e. The van der Waals surface area contributed by atoms with Crippen LogP contribution in [0.15, 0.2) is 22.7 Å². The molecule has 0 unspecified atom stereocenters. The van der Waals surface area contributed by atoms with Crippen LogP contribution in [-0.4, -0.2) is 10.2 Å². The zero-order valence-corrected chi connectivity index (χ0v) is 12.7. The molecule has 18 heavy (non-hydrogen) atoms. The second-order valence-corrected chi connectivity index (χ2v) is 6.37. The maximum atomic E-state index is 5.74. The predicted octanol–water partition coefficient (Wildman–Crippen LogP) is 4.03. The van der Waals surface area contributed by atoms with Gasteiger partial charge in [-0.15, -0.1) is 0 Å². The molecule has 0 aliphatic carbocycles. The number of hydrogen-bond donors (Lipinski definition) is 2. The van der Waals surface area contributed by atoms with Crippen LogP contribution in [0.2, 0.25) is 0 Å². The minimum Gasteiger partial charge on any atom is -0.381 e. The number of nitrogens with one attached hydrogen (secondary N) is 1. The molecule has 1 heterocycles. The second kappa shape index (κ2) is 4.43. The third-order valence-corrected chi connectivity index (χ3v) is 3.90. The number of aromatic nitrogens is 2. The minimum absolute atomic E-state index is 0.160. The number of nitrogens with two attached hydrogens (primary N) is 1. The molecule has 3 N–H and O–H groups in total. The van der Waals surface area contributed by atoms with Gasteiger partial charge in [-0.05, 0) is 39.4 Å². The topological polar surface area (TPSA) is 54.7 Å². The van der Waals surface area contributed by atoms with Crippen molar-refractivity contribution in [3.63, 3.8) is 0 Å². The number of hydrogen-bond acceptors (Lipinski definition) is 2. The van der Waals surface area contributed by atoms with Crippen molar-refractivity contribution in [2.75, 3.05) is 5.73 Å². The quantitative estimate of drug-likeness (QED) is 0.836. The van der Waals surface area contributed by atoms with Crippen LogP contribution in [0.4, 0.5) is 5.82 Å². The Kier molecular flexibility index (Phi) is 3.23. The summed E-state index contributed by atoms with van der Waals surface area (Å²) in [5, 5.41) is 6.98. The van der Waals surface area contributed by atoms with Crippen LogP contribution in [-0.2, 0) is 5.41 Å². The summed E-state index contributed by atoms with van der Waals surface area (Å²) < 4.78 is 0.828. The number of halogens is 1. The van der Waals surface area contributed by atoms with E-state index in [1.54, 1.807) is 0 Å². The average Bonchev–Trinajstić information content (AvgIpc) is 2.59. The number of rotatable bonds is 1. The van der Waals surface area contributed by atoms with Crippen LogP contribution in [0.25, 0.3) is 11.3 Å². The van der Waals surface area contributed by atoms with Crippen LogP contribution in [0, 0.1) is 6.92 Å². The molecule has 0 amide bonds. The van der Waals surface area contributed by atoms with Crippen molar-refractivity contribution in [1.82, 2.24) is 10.2 Å². The van der Waals surface area contributed by atoms with Gasteiger partial charge in [0, 0.05) is 5.56 Å². The molecule has 0 spiro atoms. The van der Waals surface area contributed by atoms with Crippen LogP contribution < -0.4 is 5.73 Å². The first kappa shape index (κ1) is 13.1. The Morgan fingerprint density at radius 2 is 1.94 bits per heavy atom. The SMILES string of the molecule is Cc1cc(C(C)(C)C)ccc1-c1[nH]nc(N)c1Br. The standard InChI is InChI=1S/C14H18BrN3/c1-8-7-9(14(2,3)4)5-6-10(8)12-11(15)13(16)18-17-12/h5-7H,1-4H3,(H3,16,17,18). The number of nitrogen functional groups attached to an aromatic ring is 1. The molecule has 0 aliphatic heterocycles. The number of benzene rings is 1. The van der Waals surface area contributed by atoms with E-state index in [2.05, 4.69) is 72.0 Å². The molecule has 0 saturated carbocycles. The van der Waals surface area contributed by atoms with Crippen molar-refractivity contribution in [1.29, 1.82) is 0 Å². The van der Waals surface area contributed by atoms with Crippen molar-refractivity contribution in [2.45, 2.75) is 33.1 Å². The summed E-state index contributed by atoms with van der Waals surface area (Å²) in [6.07, 6.45) is 0. The lowest BCUT2D eigenvalue weighted by Gasteiger charge is -2.20. The lowest BCUT2D eigenvalue weighted by molar-refractivity contribution is 0.590. The Morgan fingerprint density at radius 3 is 2.39 bits per heavy atom. The number of aryl methyl sites for hydroxylation is 1. The molecule has 0 radical (unpaired) electrons. The fourth-order valence-electron chi connectivity index (χ4n) is 1.93. The number of nitrogens with zero attached hydrogens (tertiary/aromatic N) is 1. The molecule has 2 aromatic rings. The summed E-state index contributed by atoms with van der Waals surface area (Å²) in [6.45, 7) is 8.75. The van der Waals surface area contributed by atoms with Crippen molar-refractivity contribution < 1.29 is 0 Å². The first-order valence-electron chi connectivity index (χ1n) is 5.91. The highest BCUT2D eigenvalue weighted by molar-refractivity contribution is 9.10. The van der Waals surface area contributed by atoms with Crippen LogP contribution in [0.3, 0.4) is 0 Å². The molecule has 0 fully saturated rings. The van der Waals surface area contributed by atoms with E-state index in [1.165, 1.54) is 11.1 Å². The zero-order valence-electron chi connectivity index (χ0n) is 11.1. The van der Waals surface area contributed by atoms with Gasteiger partial charge in [0.15, 0.2) is 5.82 Å². The van der Waals surface area contributed by atoms with E-state index >= 15 is 0 Å². The highest BCUT2D eigenvalue weighted by Crippen LogP contribution is 2.34. The van der Waals surface area contributed by atoms with Gasteiger partial charge in [0.25, 0.3) is 0 Å². The molecule has 0 saturated heterocycles. The Hall–Kier alpha value is -1.29. The molecule has 3 nitrogen and oxygen atoms in total. The maximum Gasteiger partial charge on any atom is 0.160 e. The van der Waals surface area contributed by atoms with E-state index in [0.717, 1.165) is 15.7 Å². The third kappa shape index (κ3) is 2.29. The molecule has 1 aromatic carbocycles. The minimum atomic E-state index is 0.160. The summed E-state index contributed by atoms with van der Waals surface area (Å²) in [6, 6.07) is 6.50. The smallest absolute Gasteiger partial charge is 0.160 e. The molecule has 4 heteroatoms. The van der Waals surface area contributed by atoms with E-state index in [9.17, 15) is 0 Å². The Morgan fingerprint density at radius 1 is 1.28 bits per heavy atom. The Labute approximate surface area is 116 Å². The summed E-state index contributed by atoms with van der Waals surface area (Å²) in [4.78, 5) is 0. The summed E-state index contributed by atoms with van der Waals surface area (Å²) >= 11 is 3.46. The molecule has 96 valence electrons. The van der Waals surface area contributed by atoms with Gasteiger partial charge in [0.1, 0.15) is 0 Å². The van der Waals surface area contributed by atoms with Gasteiger partial charge in [0.2, 0.25) is 0 Å². The van der Waals surface area contributed by atoms with Gasteiger partial charge in [-0.2, -0.15) is 5.10 Å². The van der Waals surface area contributed by atoms with Crippen molar-refractivity contribution in [2.24, 2.45) is 0 Å². The normalized spacial score (nSPS) is 11.8. The third-order valence-electron chi connectivity index (χ3n) is 3.09. The summed E-state index contributed by atoms with van der Waals surface area (Å²) in [7, 11) is 0. The van der Waals surface area contributed by atoms with Gasteiger partial charge in [0.05, 0.1) is 10.2 Å². The van der Waals surface area contributed by atoms with Gasteiger partial charge in [-0.3, -0.25) is 5.10 Å². The molecule has 0 bridgehead atoms. The fourth-order valence-corrected chi connectivity index (χ4v) is 2.32. The van der Waals surface area contributed by atoms with E-state index in [4.69, 9.17) is 5.73 Å². The predicted molar refractivity (Wildman–Crippen MR) is 79.6 cm³/mol. The van der Waals surface area contributed by atoms with Gasteiger partial charge < -0.3 is 5.73 Å². The highest BCUT2D eigenvalue weighted by Gasteiger charge is 2.17. The lowest BCUT2D eigenvalue weighted by Crippen LogP contribution is -2.11. The van der Waals surface area contributed by atoms with E-state index in [-0.39, 0.29) is 5.41 Å². The number of H-pyrrole nitrogens is 1.